The lowest BCUT2D eigenvalue weighted by atomic mass is 10.1. The van der Waals surface area contributed by atoms with E-state index in [0.717, 1.165) is 28.8 Å². The van der Waals surface area contributed by atoms with Gasteiger partial charge < -0.3 is 10.1 Å². The Morgan fingerprint density at radius 2 is 1.83 bits per heavy atom. The van der Waals surface area contributed by atoms with Gasteiger partial charge in [-0.25, -0.2) is 8.42 Å². The molecular formula is C19H21F3N2O4S. The second kappa shape index (κ2) is 8.73. The number of halogens is 3. The van der Waals surface area contributed by atoms with Crippen LogP contribution < -0.4 is 14.4 Å². The summed E-state index contributed by atoms with van der Waals surface area (Å²) in [6.07, 6.45) is -3.66. The van der Waals surface area contributed by atoms with Gasteiger partial charge in [0.2, 0.25) is 15.9 Å². The van der Waals surface area contributed by atoms with Crippen molar-refractivity contribution >= 4 is 27.3 Å². The number of amides is 1. The maximum atomic E-state index is 13.0. The lowest BCUT2D eigenvalue weighted by Gasteiger charge is -2.24. The summed E-state index contributed by atoms with van der Waals surface area (Å²) in [6, 6.07) is 9.27. The van der Waals surface area contributed by atoms with Crippen LogP contribution in [0.5, 0.6) is 5.75 Å². The predicted octanol–water partition coefficient (Wildman–Crippen LogP) is 3.82. The number of alkyl halides is 3. The second-order valence-electron chi connectivity index (χ2n) is 6.25. The average Bonchev–Trinajstić information content (AvgIpc) is 2.60. The molecule has 2 aromatic carbocycles. The number of aryl methyl sites for hydroxylation is 1. The number of sulfonamides is 1. The van der Waals surface area contributed by atoms with Gasteiger partial charge in [0.1, 0.15) is 12.3 Å². The topological polar surface area (TPSA) is 75.7 Å². The van der Waals surface area contributed by atoms with E-state index < -0.39 is 34.2 Å². The number of benzene rings is 2. The molecule has 1 amide bonds. The van der Waals surface area contributed by atoms with E-state index in [2.05, 4.69) is 5.32 Å². The minimum absolute atomic E-state index is 0.0515. The van der Waals surface area contributed by atoms with Gasteiger partial charge in [-0.1, -0.05) is 18.2 Å². The number of anilines is 2. The van der Waals surface area contributed by atoms with Crippen molar-refractivity contribution in [3.8, 4) is 5.75 Å². The van der Waals surface area contributed by atoms with Crippen LogP contribution in [0.2, 0.25) is 0 Å². The molecule has 0 atom stereocenters. The minimum atomic E-state index is -4.61. The first-order valence-corrected chi connectivity index (χ1v) is 10.5. The highest BCUT2D eigenvalue weighted by atomic mass is 32.2. The molecule has 0 spiro atoms. The Hall–Kier alpha value is -2.75. The van der Waals surface area contributed by atoms with Crippen LogP contribution in [0.15, 0.2) is 42.5 Å². The summed E-state index contributed by atoms with van der Waals surface area (Å²) < 4.78 is 69.6. The molecule has 0 unspecified atom stereocenters. The van der Waals surface area contributed by atoms with Gasteiger partial charge in [0.15, 0.2) is 0 Å². The van der Waals surface area contributed by atoms with Gasteiger partial charge in [0.25, 0.3) is 0 Å². The lowest BCUT2D eigenvalue weighted by molar-refractivity contribution is -0.137. The maximum Gasteiger partial charge on any atom is 0.416 e. The van der Waals surface area contributed by atoms with Crippen LogP contribution in [0.4, 0.5) is 24.5 Å². The van der Waals surface area contributed by atoms with Crippen LogP contribution in [0, 0.1) is 6.92 Å². The zero-order valence-corrected chi connectivity index (χ0v) is 16.9. The van der Waals surface area contributed by atoms with Crippen LogP contribution in [-0.2, 0) is 21.0 Å². The van der Waals surface area contributed by atoms with Crippen LogP contribution in [0.1, 0.15) is 18.1 Å². The van der Waals surface area contributed by atoms with E-state index in [1.54, 1.807) is 38.1 Å². The Morgan fingerprint density at radius 1 is 1.17 bits per heavy atom. The molecule has 10 heteroatoms. The molecule has 0 heterocycles. The summed E-state index contributed by atoms with van der Waals surface area (Å²) in [4.78, 5) is 12.5. The van der Waals surface area contributed by atoms with Gasteiger partial charge in [-0.15, -0.1) is 0 Å². The van der Waals surface area contributed by atoms with Crippen molar-refractivity contribution in [1.29, 1.82) is 0 Å². The van der Waals surface area contributed by atoms with Crippen LogP contribution in [-0.4, -0.2) is 33.7 Å². The Balaban J connectivity index is 2.34. The Labute approximate surface area is 167 Å². The maximum absolute atomic E-state index is 13.0. The van der Waals surface area contributed by atoms with Gasteiger partial charge in [-0.05, 0) is 43.7 Å². The summed E-state index contributed by atoms with van der Waals surface area (Å²) in [5, 5.41) is 2.33. The molecule has 29 heavy (non-hydrogen) atoms. The molecule has 0 aliphatic carbocycles. The molecule has 0 aromatic heterocycles. The standard InChI is InChI=1S/C19H21F3N2O4S/c1-4-28-17-10-9-14(19(20,21)22)11-15(17)23-18(25)12-24(29(3,26)27)16-8-6-5-7-13(16)2/h5-11H,4,12H2,1-3H3,(H,23,25). The normalized spacial score (nSPS) is 11.8. The summed E-state index contributed by atoms with van der Waals surface area (Å²) >= 11 is 0. The van der Waals surface area contributed by atoms with Crippen molar-refractivity contribution < 1.29 is 31.1 Å². The summed E-state index contributed by atoms with van der Waals surface area (Å²) in [5.41, 5.74) is -0.223. The molecule has 0 bridgehead atoms. The highest BCUT2D eigenvalue weighted by Gasteiger charge is 2.31. The number of nitrogens with zero attached hydrogens (tertiary/aromatic N) is 1. The van der Waals surface area contributed by atoms with E-state index in [0.29, 0.717) is 11.3 Å². The van der Waals surface area contributed by atoms with E-state index in [4.69, 9.17) is 4.74 Å². The monoisotopic (exact) mass is 430 g/mol. The van der Waals surface area contributed by atoms with Crippen molar-refractivity contribution in [2.75, 3.05) is 29.0 Å². The number of nitrogens with one attached hydrogen (secondary N) is 1. The number of hydrogen-bond donors (Lipinski definition) is 1. The first kappa shape index (κ1) is 22.5. The molecular weight excluding hydrogens is 409 g/mol. The van der Waals surface area contributed by atoms with Gasteiger partial charge in [-0.3, -0.25) is 9.10 Å². The highest BCUT2D eigenvalue weighted by molar-refractivity contribution is 7.92. The molecule has 1 N–H and O–H groups in total. The van der Waals surface area contributed by atoms with Crippen molar-refractivity contribution in [3.05, 3.63) is 53.6 Å². The van der Waals surface area contributed by atoms with Crippen LogP contribution in [0.3, 0.4) is 0 Å². The summed E-state index contributed by atoms with van der Waals surface area (Å²) in [7, 11) is -3.82. The highest BCUT2D eigenvalue weighted by Crippen LogP contribution is 2.35. The van der Waals surface area contributed by atoms with E-state index in [1.807, 2.05) is 0 Å². The first-order chi connectivity index (χ1) is 13.4. The largest absolute Gasteiger partial charge is 0.492 e. The molecule has 2 rings (SSSR count). The predicted molar refractivity (Wildman–Crippen MR) is 105 cm³/mol. The fourth-order valence-corrected chi connectivity index (χ4v) is 3.54. The fourth-order valence-electron chi connectivity index (χ4n) is 2.63. The number of carbonyl (C=O) groups excluding carboxylic acids is 1. The second-order valence-corrected chi connectivity index (χ2v) is 8.15. The van der Waals surface area contributed by atoms with Crippen molar-refractivity contribution in [1.82, 2.24) is 0 Å². The van der Waals surface area contributed by atoms with E-state index in [1.165, 1.54) is 0 Å². The Kier molecular flexibility index (Phi) is 6.78. The minimum Gasteiger partial charge on any atom is -0.492 e. The van der Waals surface area contributed by atoms with Gasteiger partial charge in [0, 0.05) is 0 Å². The average molecular weight is 430 g/mol. The molecule has 158 valence electrons. The van der Waals surface area contributed by atoms with Gasteiger partial charge in [0.05, 0.1) is 29.8 Å². The third-order valence-corrected chi connectivity index (χ3v) is 5.08. The number of para-hydroxylation sites is 1. The third kappa shape index (κ3) is 5.86. The van der Waals surface area contributed by atoms with E-state index in [9.17, 15) is 26.4 Å². The van der Waals surface area contributed by atoms with Gasteiger partial charge >= 0.3 is 6.18 Å². The summed E-state index contributed by atoms with van der Waals surface area (Å²) in [5.74, 6) is -0.755. The molecule has 2 aromatic rings. The summed E-state index contributed by atoms with van der Waals surface area (Å²) in [6.45, 7) is 2.90. The van der Waals surface area contributed by atoms with Crippen LogP contribution in [0.25, 0.3) is 0 Å². The third-order valence-electron chi connectivity index (χ3n) is 3.95. The van der Waals surface area contributed by atoms with Crippen molar-refractivity contribution in [3.63, 3.8) is 0 Å². The molecule has 0 saturated carbocycles. The molecule has 6 nitrogen and oxygen atoms in total. The first-order valence-electron chi connectivity index (χ1n) is 8.60. The number of hydrogen-bond acceptors (Lipinski definition) is 4. The number of ether oxygens (including phenoxy) is 1. The lowest BCUT2D eigenvalue weighted by Crippen LogP contribution is -2.38. The van der Waals surface area contributed by atoms with Crippen molar-refractivity contribution in [2.45, 2.75) is 20.0 Å². The zero-order valence-electron chi connectivity index (χ0n) is 16.1. The number of carbonyl (C=O) groups is 1. The van der Waals surface area contributed by atoms with E-state index in [-0.39, 0.29) is 18.0 Å². The molecule has 0 aliphatic heterocycles. The molecule has 0 fully saturated rings. The number of rotatable bonds is 7. The SMILES string of the molecule is CCOc1ccc(C(F)(F)F)cc1NC(=O)CN(c1ccccc1C)S(C)(=O)=O. The van der Waals surface area contributed by atoms with Crippen molar-refractivity contribution in [2.24, 2.45) is 0 Å². The Morgan fingerprint density at radius 3 is 2.38 bits per heavy atom. The fraction of sp³-hybridized carbons (Fsp3) is 0.316. The molecule has 0 radical (unpaired) electrons. The van der Waals surface area contributed by atoms with Crippen LogP contribution >= 0.6 is 0 Å². The quantitative estimate of drug-likeness (QED) is 0.725. The Bertz CT molecular complexity index is 991. The molecule has 0 aliphatic rings. The van der Waals surface area contributed by atoms with Gasteiger partial charge in [-0.2, -0.15) is 13.2 Å². The van der Waals surface area contributed by atoms with E-state index >= 15 is 0 Å². The molecule has 0 saturated heterocycles. The smallest absolute Gasteiger partial charge is 0.416 e. The zero-order chi connectivity index (χ0) is 21.8.